The molecular formula is C15H12F3NO3S. The number of benzene rings is 2. The number of rotatable bonds is 4. The van der Waals surface area contributed by atoms with Crippen molar-refractivity contribution in [3.05, 3.63) is 59.7 Å². The fraction of sp³-hybridized carbons (Fsp3) is 0.133. The smallest absolute Gasteiger partial charge is 0.284 e. The molecule has 0 aliphatic rings. The SMILES string of the molecule is Cc1ccc(S(=O)(=O)Nc2ccc(C(=O)C(F)(F)F)cc2)cc1. The topological polar surface area (TPSA) is 63.2 Å². The Morgan fingerprint density at radius 3 is 1.96 bits per heavy atom. The predicted octanol–water partition coefficient (Wildman–Crippen LogP) is 3.54. The van der Waals surface area contributed by atoms with Crippen molar-refractivity contribution >= 4 is 21.5 Å². The van der Waals surface area contributed by atoms with Crippen LogP contribution >= 0.6 is 0 Å². The summed E-state index contributed by atoms with van der Waals surface area (Å²) in [5, 5.41) is 0. The van der Waals surface area contributed by atoms with E-state index in [0.717, 1.165) is 29.8 Å². The van der Waals surface area contributed by atoms with Gasteiger partial charge in [-0.15, -0.1) is 0 Å². The van der Waals surface area contributed by atoms with Gasteiger partial charge in [-0.25, -0.2) is 8.42 Å². The number of carbonyl (C=O) groups excluding carboxylic acids is 1. The first-order valence-electron chi connectivity index (χ1n) is 6.41. The number of sulfonamides is 1. The minimum absolute atomic E-state index is 0.0264. The van der Waals surface area contributed by atoms with E-state index in [1.807, 2.05) is 0 Å². The number of anilines is 1. The quantitative estimate of drug-likeness (QED) is 0.864. The van der Waals surface area contributed by atoms with Crippen molar-refractivity contribution in [1.82, 2.24) is 0 Å². The molecule has 0 saturated carbocycles. The molecule has 2 rings (SSSR count). The van der Waals surface area contributed by atoms with Gasteiger partial charge in [0, 0.05) is 11.3 Å². The van der Waals surface area contributed by atoms with Crippen LogP contribution in [0.15, 0.2) is 53.4 Å². The molecule has 4 nitrogen and oxygen atoms in total. The van der Waals surface area contributed by atoms with Crippen LogP contribution < -0.4 is 4.72 Å². The molecule has 122 valence electrons. The molecule has 0 bridgehead atoms. The Morgan fingerprint density at radius 2 is 1.48 bits per heavy atom. The molecule has 0 amide bonds. The van der Waals surface area contributed by atoms with E-state index < -0.39 is 27.5 Å². The molecule has 2 aromatic rings. The van der Waals surface area contributed by atoms with Crippen LogP contribution in [0, 0.1) is 6.92 Å². The van der Waals surface area contributed by atoms with E-state index in [0.29, 0.717) is 0 Å². The minimum atomic E-state index is -4.97. The van der Waals surface area contributed by atoms with Gasteiger partial charge < -0.3 is 0 Å². The molecule has 8 heteroatoms. The van der Waals surface area contributed by atoms with Crippen LogP contribution in [-0.2, 0) is 10.0 Å². The van der Waals surface area contributed by atoms with Crippen LogP contribution in [0.5, 0.6) is 0 Å². The number of hydrogen-bond acceptors (Lipinski definition) is 3. The highest BCUT2D eigenvalue weighted by Crippen LogP contribution is 2.23. The zero-order valence-electron chi connectivity index (χ0n) is 11.9. The molecule has 0 atom stereocenters. The third-order valence-electron chi connectivity index (χ3n) is 2.99. The molecule has 0 aromatic heterocycles. The number of Topliss-reactive ketones (excluding diaryl/α,β-unsaturated/α-hetero) is 1. The van der Waals surface area contributed by atoms with Gasteiger partial charge in [-0.05, 0) is 43.3 Å². The van der Waals surface area contributed by atoms with Crippen LogP contribution in [0.2, 0.25) is 0 Å². The Hall–Kier alpha value is -2.35. The normalized spacial score (nSPS) is 12.0. The Labute approximate surface area is 131 Å². The van der Waals surface area contributed by atoms with Gasteiger partial charge in [0.15, 0.2) is 0 Å². The Balaban J connectivity index is 2.21. The summed E-state index contributed by atoms with van der Waals surface area (Å²) in [6, 6.07) is 10.1. The van der Waals surface area contributed by atoms with Crippen LogP contribution in [0.25, 0.3) is 0 Å². The van der Waals surface area contributed by atoms with Crippen LogP contribution in [-0.4, -0.2) is 20.4 Å². The summed E-state index contributed by atoms with van der Waals surface area (Å²) in [7, 11) is -3.85. The number of ketones is 1. The van der Waals surface area contributed by atoms with Crippen molar-refractivity contribution in [1.29, 1.82) is 0 Å². The van der Waals surface area contributed by atoms with Gasteiger partial charge in [-0.3, -0.25) is 9.52 Å². The number of halogens is 3. The van der Waals surface area contributed by atoms with E-state index in [1.165, 1.54) is 12.1 Å². The van der Waals surface area contributed by atoms with Crippen molar-refractivity contribution in [3.8, 4) is 0 Å². The van der Waals surface area contributed by atoms with Gasteiger partial charge in [0.1, 0.15) is 0 Å². The first kappa shape index (κ1) is 17.0. The average Bonchev–Trinajstić information content (AvgIpc) is 2.46. The maximum Gasteiger partial charge on any atom is 0.454 e. The molecule has 23 heavy (non-hydrogen) atoms. The molecule has 0 aliphatic heterocycles. The maximum atomic E-state index is 12.3. The lowest BCUT2D eigenvalue weighted by Gasteiger charge is -2.09. The van der Waals surface area contributed by atoms with E-state index in [4.69, 9.17) is 0 Å². The van der Waals surface area contributed by atoms with Gasteiger partial charge in [-0.1, -0.05) is 17.7 Å². The second-order valence-corrected chi connectivity index (χ2v) is 6.51. The fourth-order valence-corrected chi connectivity index (χ4v) is 2.84. The molecule has 2 aromatic carbocycles. The molecule has 0 radical (unpaired) electrons. The first-order valence-corrected chi connectivity index (χ1v) is 7.89. The molecule has 0 heterocycles. The molecular weight excluding hydrogens is 331 g/mol. The lowest BCUT2D eigenvalue weighted by atomic mass is 10.1. The Bertz CT molecular complexity index is 811. The number of nitrogens with one attached hydrogen (secondary N) is 1. The largest absolute Gasteiger partial charge is 0.454 e. The van der Waals surface area contributed by atoms with Crippen molar-refractivity contribution in [2.75, 3.05) is 4.72 Å². The second kappa shape index (κ2) is 6.04. The van der Waals surface area contributed by atoms with E-state index >= 15 is 0 Å². The lowest BCUT2D eigenvalue weighted by Crippen LogP contribution is -2.22. The molecule has 0 spiro atoms. The summed E-state index contributed by atoms with van der Waals surface area (Å²) >= 11 is 0. The number of aryl methyl sites for hydroxylation is 1. The van der Waals surface area contributed by atoms with E-state index in [9.17, 15) is 26.4 Å². The van der Waals surface area contributed by atoms with E-state index in [1.54, 1.807) is 19.1 Å². The highest BCUT2D eigenvalue weighted by Gasteiger charge is 2.39. The standard InChI is InChI=1S/C15H12F3NO3S/c1-10-2-8-13(9-3-10)23(21,22)19-12-6-4-11(5-7-12)14(20)15(16,17)18/h2-9,19H,1H3. The Kier molecular flexibility index (Phi) is 4.46. The molecule has 0 unspecified atom stereocenters. The van der Waals surface area contributed by atoms with E-state index in [-0.39, 0.29) is 10.6 Å². The fourth-order valence-electron chi connectivity index (χ4n) is 1.78. The monoisotopic (exact) mass is 343 g/mol. The molecule has 0 saturated heterocycles. The van der Waals surface area contributed by atoms with Gasteiger partial charge in [0.05, 0.1) is 4.90 Å². The van der Waals surface area contributed by atoms with Crippen LogP contribution in [0.1, 0.15) is 15.9 Å². The minimum Gasteiger partial charge on any atom is -0.284 e. The van der Waals surface area contributed by atoms with Gasteiger partial charge in [0.2, 0.25) is 0 Å². The zero-order valence-corrected chi connectivity index (χ0v) is 12.7. The molecule has 0 aliphatic carbocycles. The highest BCUT2D eigenvalue weighted by molar-refractivity contribution is 7.92. The summed E-state index contributed by atoms with van der Waals surface area (Å²) < 4.78 is 63.4. The summed E-state index contributed by atoms with van der Waals surface area (Å²) in [5.74, 6) is -1.98. The van der Waals surface area contributed by atoms with Crippen molar-refractivity contribution < 1.29 is 26.4 Å². The van der Waals surface area contributed by atoms with Crippen molar-refractivity contribution in [2.45, 2.75) is 18.0 Å². The summed E-state index contributed by atoms with van der Waals surface area (Å²) in [6.45, 7) is 1.81. The Morgan fingerprint density at radius 1 is 0.957 bits per heavy atom. The summed E-state index contributed by atoms with van der Waals surface area (Å²) in [6.07, 6.45) is -4.97. The number of carbonyl (C=O) groups is 1. The van der Waals surface area contributed by atoms with Crippen molar-refractivity contribution in [2.24, 2.45) is 0 Å². The first-order chi connectivity index (χ1) is 10.6. The zero-order chi connectivity index (χ0) is 17.3. The number of alkyl halides is 3. The average molecular weight is 343 g/mol. The van der Waals surface area contributed by atoms with Gasteiger partial charge >= 0.3 is 6.18 Å². The van der Waals surface area contributed by atoms with Crippen LogP contribution in [0.3, 0.4) is 0 Å². The van der Waals surface area contributed by atoms with Crippen LogP contribution in [0.4, 0.5) is 18.9 Å². The molecule has 0 fully saturated rings. The van der Waals surface area contributed by atoms with E-state index in [2.05, 4.69) is 4.72 Å². The van der Waals surface area contributed by atoms with Gasteiger partial charge in [-0.2, -0.15) is 13.2 Å². The third-order valence-corrected chi connectivity index (χ3v) is 4.39. The summed E-state index contributed by atoms with van der Waals surface area (Å²) in [5.41, 5.74) is 0.388. The second-order valence-electron chi connectivity index (χ2n) is 4.82. The third kappa shape index (κ3) is 4.10. The lowest BCUT2D eigenvalue weighted by molar-refractivity contribution is -0.0885. The predicted molar refractivity (Wildman–Crippen MR) is 78.8 cm³/mol. The van der Waals surface area contributed by atoms with Crippen molar-refractivity contribution in [3.63, 3.8) is 0 Å². The molecule has 1 N–H and O–H groups in total. The van der Waals surface area contributed by atoms with Gasteiger partial charge in [0.25, 0.3) is 15.8 Å². The highest BCUT2D eigenvalue weighted by atomic mass is 32.2. The number of hydrogen-bond donors (Lipinski definition) is 1. The maximum absolute atomic E-state index is 12.3. The summed E-state index contributed by atoms with van der Waals surface area (Å²) in [4.78, 5) is 11.1.